The summed E-state index contributed by atoms with van der Waals surface area (Å²) in [6.45, 7) is 5.03. The van der Waals surface area contributed by atoms with Gasteiger partial charge in [0.05, 0.1) is 6.04 Å². The molecule has 7 heteroatoms. The molecule has 0 bridgehead atoms. The third-order valence-corrected chi connectivity index (χ3v) is 2.85. The molecule has 1 aromatic heterocycles. The van der Waals surface area contributed by atoms with E-state index in [4.69, 9.17) is 0 Å². The smallest absolute Gasteiger partial charge is 0.291 e. The maximum atomic E-state index is 12.0. The number of benzene rings is 1. The molecule has 0 aliphatic heterocycles. The number of aromatic nitrogens is 3. The van der Waals surface area contributed by atoms with Crippen LogP contribution in [0.1, 0.15) is 41.9 Å². The lowest BCUT2D eigenvalue weighted by Gasteiger charge is -2.14. The van der Waals surface area contributed by atoms with Gasteiger partial charge in [-0.25, -0.2) is 4.98 Å². The first-order valence-corrected chi connectivity index (χ1v) is 6.53. The predicted octanol–water partition coefficient (Wildman–Crippen LogP) is 1.56. The number of aromatic amines is 1. The summed E-state index contributed by atoms with van der Waals surface area (Å²) in [5.41, 5.74) is 1.57. The molecule has 0 saturated carbocycles. The molecule has 0 aliphatic rings. The standard InChI is InChI=1S/C14H17N5O2/c1-8(15-14(21)13-16-9(2)18-19-13)11-5-4-6-12(7-11)17-10(3)20/h4-8H,1-3H3,(H,15,21)(H,17,20)(H,16,18,19). The lowest BCUT2D eigenvalue weighted by atomic mass is 10.1. The number of anilines is 1. The summed E-state index contributed by atoms with van der Waals surface area (Å²) < 4.78 is 0. The second-order valence-corrected chi connectivity index (χ2v) is 4.75. The average Bonchev–Trinajstić information content (AvgIpc) is 2.85. The minimum atomic E-state index is -0.350. The highest BCUT2D eigenvalue weighted by Gasteiger charge is 2.15. The van der Waals surface area contributed by atoms with Crippen LogP contribution in [0, 0.1) is 6.92 Å². The van der Waals surface area contributed by atoms with E-state index >= 15 is 0 Å². The number of rotatable bonds is 4. The molecule has 2 amide bonds. The summed E-state index contributed by atoms with van der Waals surface area (Å²) in [4.78, 5) is 27.0. The highest BCUT2D eigenvalue weighted by Crippen LogP contribution is 2.17. The second-order valence-electron chi connectivity index (χ2n) is 4.75. The van der Waals surface area contributed by atoms with Crippen molar-refractivity contribution in [1.82, 2.24) is 20.5 Å². The van der Waals surface area contributed by atoms with E-state index in [1.54, 1.807) is 13.0 Å². The monoisotopic (exact) mass is 287 g/mol. The highest BCUT2D eigenvalue weighted by molar-refractivity contribution is 5.91. The number of nitrogens with zero attached hydrogens (tertiary/aromatic N) is 2. The van der Waals surface area contributed by atoms with Crippen LogP contribution >= 0.6 is 0 Å². The van der Waals surface area contributed by atoms with Crippen LogP contribution in [0.3, 0.4) is 0 Å². The summed E-state index contributed by atoms with van der Waals surface area (Å²) in [5, 5.41) is 12.0. The minimum Gasteiger partial charge on any atom is -0.343 e. The minimum absolute atomic E-state index is 0.109. The van der Waals surface area contributed by atoms with Gasteiger partial charge in [-0.05, 0) is 31.5 Å². The van der Waals surface area contributed by atoms with Crippen molar-refractivity contribution in [3.05, 3.63) is 41.5 Å². The van der Waals surface area contributed by atoms with E-state index in [1.807, 2.05) is 25.1 Å². The van der Waals surface area contributed by atoms with Gasteiger partial charge >= 0.3 is 0 Å². The number of amides is 2. The van der Waals surface area contributed by atoms with Crippen molar-refractivity contribution in [2.45, 2.75) is 26.8 Å². The molecule has 0 radical (unpaired) electrons. The topological polar surface area (TPSA) is 99.8 Å². The van der Waals surface area contributed by atoms with Gasteiger partial charge in [0.1, 0.15) is 5.82 Å². The second kappa shape index (κ2) is 6.17. The number of aryl methyl sites for hydroxylation is 1. The van der Waals surface area contributed by atoms with Crippen LogP contribution in [-0.4, -0.2) is 27.0 Å². The Labute approximate surface area is 122 Å². The van der Waals surface area contributed by atoms with Crippen LogP contribution in [-0.2, 0) is 4.79 Å². The van der Waals surface area contributed by atoms with E-state index in [0.717, 1.165) is 5.56 Å². The van der Waals surface area contributed by atoms with E-state index in [1.165, 1.54) is 6.92 Å². The van der Waals surface area contributed by atoms with Crippen molar-refractivity contribution < 1.29 is 9.59 Å². The fourth-order valence-electron chi connectivity index (χ4n) is 1.88. The molecule has 1 unspecified atom stereocenters. The molecular formula is C14H17N5O2. The van der Waals surface area contributed by atoms with Crippen molar-refractivity contribution in [2.24, 2.45) is 0 Å². The predicted molar refractivity (Wildman–Crippen MR) is 77.7 cm³/mol. The molecule has 2 aromatic rings. The molecule has 0 spiro atoms. The van der Waals surface area contributed by atoms with E-state index in [9.17, 15) is 9.59 Å². The third-order valence-electron chi connectivity index (χ3n) is 2.85. The Morgan fingerprint density at radius 1 is 1.33 bits per heavy atom. The van der Waals surface area contributed by atoms with E-state index in [-0.39, 0.29) is 23.7 Å². The fraction of sp³-hybridized carbons (Fsp3) is 0.286. The van der Waals surface area contributed by atoms with Crippen molar-refractivity contribution in [3.63, 3.8) is 0 Å². The number of carbonyl (C=O) groups excluding carboxylic acids is 2. The van der Waals surface area contributed by atoms with Gasteiger partial charge in [-0.1, -0.05) is 12.1 Å². The van der Waals surface area contributed by atoms with Gasteiger partial charge in [0, 0.05) is 12.6 Å². The third kappa shape index (κ3) is 3.88. The maximum absolute atomic E-state index is 12.0. The molecule has 110 valence electrons. The molecule has 2 rings (SSSR count). The Hall–Kier alpha value is -2.70. The van der Waals surface area contributed by atoms with Crippen molar-refractivity contribution in [2.75, 3.05) is 5.32 Å². The molecule has 1 heterocycles. The summed E-state index contributed by atoms with van der Waals surface area (Å²) >= 11 is 0. The molecule has 3 N–H and O–H groups in total. The maximum Gasteiger partial charge on any atom is 0.291 e. The molecule has 0 aliphatic carbocycles. The number of hydrogen-bond donors (Lipinski definition) is 3. The average molecular weight is 287 g/mol. The molecule has 21 heavy (non-hydrogen) atoms. The first kappa shape index (κ1) is 14.7. The van der Waals surface area contributed by atoms with Gasteiger partial charge in [-0.2, -0.15) is 0 Å². The molecule has 0 fully saturated rings. The lowest BCUT2D eigenvalue weighted by molar-refractivity contribution is -0.114. The number of carbonyl (C=O) groups is 2. The van der Waals surface area contributed by atoms with Gasteiger partial charge < -0.3 is 10.6 Å². The summed E-state index contributed by atoms with van der Waals surface area (Å²) in [6, 6.07) is 7.07. The zero-order valence-corrected chi connectivity index (χ0v) is 12.1. The molecule has 0 saturated heterocycles. The van der Waals surface area contributed by atoms with E-state index < -0.39 is 0 Å². The first-order chi connectivity index (χ1) is 9.95. The number of H-pyrrole nitrogens is 1. The van der Waals surface area contributed by atoms with Crippen molar-refractivity contribution in [1.29, 1.82) is 0 Å². The largest absolute Gasteiger partial charge is 0.343 e. The Morgan fingerprint density at radius 2 is 2.10 bits per heavy atom. The quantitative estimate of drug-likeness (QED) is 0.794. The van der Waals surface area contributed by atoms with Crippen LogP contribution in [0.5, 0.6) is 0 Å². The van der Waals surface area contributed by atoms with Gasteiger partial charge in [0.25, 0.3) is 5.91 Å². The summed E-state index contributed by atoms with van der Waals surface area (Å²) in [5.74, 6) is 0.203. The number of hydrogen-bond acceptors (Lipinski definition) is 4. The van der Waals surface area contributed by atoms with E-state index in [2.05, 4.69) is 25.8 Å². The van der Waals surface area contributed by atoms with Gasteiger partial charge in [-0.15, -0.1) is 5.10 Å². The Kier molecular flexibility index (Phi) is 4.32. The van der Waals surface area contributed by atoms with Gasteiger partial charge in [0.2, 0.25) is 11.7 Å². The molecule has 1 aromatic carbocycles. The number of nitrogens with one attached hydrogen (secondary N) is 3. The van der Waals surface area contributed by atoms with Crippen LogP contribution in [0.15, 0.2) is 24.3 Å². The highest BCUT2D eigenvalue weighted by atomic mass is 16.2. The summed E-state index contributed by atoms with van der Waals surface area (Å²) in [6.07, 6.45) is 0. The van der Waals surface area contributed by atoms with Crippen LogP contribution in [0.2, 0.25) is 0 Å². The van der Waals surface area contributed by atoms with Crippen LogP contribution in [0.4, 0.5) is 5.69 Å². The zero-order chi connectivity index (χ0) is 15.4. The normalized spacial score (nSPS) is 11.8. The summed E-state index contributed by atoms with van der Waals surface area (Å²) in [7, 11) is 0. The zero-order valence-electron chi connectivity index (χ0n) is 12.1. The van der Waals surface area contributed by atoms with Gasteiger partial charge in [-0.3, -0.25) is 14.7 Å². The van der Waals surface area contributed by atoms with Gasteiger partial charge in [0.15, 0.2) is 0 Å². The first-order valence-electron chi connectivity index (χ1n) is 6.53. The molecular weight excluding hydrogens is 270 g/mol. The van der Waals surface area contributed by atoms with Crippen LogP contribution in [0.25, 0.3) is 0 Å². The molecule has 1 atom stereocenters. The van der Waals surface area contributed by atoms with Crippen LogP contribution < -0.4 is 10.6 Å². The Balaban J connectivity index is 2.07. The SMILES string of the molecule is CC(=O)Nc1cccc(C(C)NC(=O)c2n[nH]c(C)n2)c1. The fourth-order valence-corrected chi connectivity index (χ4v) is 1.88. The Morgan fingerprint density at radius 3 is 2.71 bits per heavy atom. The van der Waals surface area contributed by atoms with E-state index in [0.29, 0.717) is 11.5 Å². The van der Waals surface area contributed by atoms with Crippen molar-refractivity contribution in [3.8, 4) is 0 Å². The lowest BCUT2D eigenvalue weighted by Crippen LogP contribution is -2.27. The Bertz CT molecular complexity index is 665. The molecule has 7 nitrogen and oxygen atoms in total. The van der Waals surface area contributed by atoms with Crippen molar-refractivity contribution >= 4 is 17.5 Å².